The summed E-state index contributed by atoms with van der Waals surface area (Å²) in [6.07, 6.45) is 18.6. The quantitative estimate of drug-likeness (QED) is 0.137. The van der Waals surface area contributed by atoms with Crippen LogP contribution in [0.15, 0.2) is 94.2 Å². The van der Waals surface area contributed by atoms with Gasteiger partial charge in [0, 0.05) is 46.2 Å². The van der Waals surface area contributed by atoms with Crippen LogP contribution in [0.1, 0.15) is 93.5 Å². The number of methoxy groups -OCH3 is 2. The van der Waals surface area contributed by atoms with Gasteiger partial charge in [-0.15, -0.1) is 0 Å². The number of imidazole rings is 2. The van der Waals surface area contributed by atoms with Gasteiger partial charge in [-0.2, -0.15) is 0 Å². The number of pyridine rings is 2. The number of nitrogens with zero attached hydrogens (tertiary/aromatic N) is 6. The molecule has 12 heteroatoms. The second-order valence-corrected chi connectivity index (χ2v) is 19.5. The van der Waals surface area contributed by atoms with Crippen molar-refractivity contribution in [3.8, 4) is 56.3 Å². The minimum atomic E-state index is 0.180. The maximum Gasteiger partial charge on any atom is 0.141 e. The van der Waals surface area contributed by atoms with Crippen molar-refractivity contribution in [2.75, 3.05) is 24.9 Å². The molecule has 2 aromatic carbocycles. The summed E-state index contributed by atoms with van der Waals surface area (Å²) in [5, 5.41) is 16.1. The third-order valence-electron chi connectivity index (χ3n) is 15.0. The average Bonchev–Trinajstić information content (AvgIpc) is 4.08. The summed E-state index contributed by atoms with van der Waals surface area (Å²) in [6, 6.07) is 25.4. The third kappa shape index (κ3) is 7.57. The van der Waals surface area contributed by atoms with E-state index in [4.69, 9.17) is 28.5 Å². The summed E-state index contributed by atoms with van der Waals surface area (Å²) in [5.74, 6) is 7.96. The molecule has 5 aliphatic carbocycles. The maximum atomic E-state index is 5.93. The van der Waals surface area contributed by atoms with Gasteiger partial charge in [0.05, 0.1) is 25.6 Å². The van der Waals surface area contributed by atoms with Crippen molar-refractivity contribution in [1.82, 2.24) is 29.1 Å². The van der Waals surface area contributed by atoms with Crippen molar-refractivity contribution in [1.29, 1.82) is 0 Å². The number of fused-ring (bicyclic) bond motifs is 2. The van der Waals surface area contributed by atoms with E-state index in [2.05, 4.69) is 96.7 Å². The highest BCUT2D eigenvalue weighted by Gasteiger charge is 2.51. The molecule has 0 unspecified atom stereocenters. The van der Waals surface area contributed by atoms with E-state index in [0.717, 1.165) is 120 Å². The van der Waals surface area contributed by atoms with Crippen molar-refractivity contribution < 1.29 is 18.5 Å². The second kappa shape index (κ2) is 17.0. The van der Waals surface area contributed by atoms with E-state index in [1.807, 2.05) is 45.9 Å². The smallest absolute Gasteiger partial charge is 0.141 e. The van der Waals surface area contributed by atoms with Gasteiger partial charge < -0.3 is 29.2 Å². The average molecular weight is 885 g/mol. The molecule has 2 N–H and O–H groups in total. The second-order valence-electron chi connectivity index (χ2n) is 19.5. The van der Waals surface area contributed by atoms with Crippen molar-refractivity contribution in [3.63, 3.8) is 0 Å². The summed E-state index contributed by atoms with van der Waals surface area (Å²) in [6.45, 7) is 7.82. The van der Waals surface area contributed by atoms with Crippen LogP contribution in [0.25, 0.3) is 56.1 Å². The molecular formula is C54H60N8O4. The first kappa shape index (κ1) is 42.1. The third-order valence-corrected chi connectivity index (χ3v) is 15.0. The molecule has 8 aromatic rings. The molecule has 5 aliphatic rings. The Morgan fingerprint density at radius 1 is 0.606 bits per heavy atom. The van der Waals surface area contributed by atoms with Crippen LogP contribution in [-0.2, 0) is 0 Å². The van der Waals surface area contributed by atoms with Crippen molar-refractivity contribution >= 4 is 22.9 Å². The molecule has 6 heterocycles. The fraction of sp³-hybridized carbons (Fsp3) is 0.407. The first-order chi connectivity index (χ1) is 32.2. The van der Waals surface area contributed by atoms with E-state index in [9.17, 15) is 0 Å². The van der Waals surface area contributed by atoms with Crippen LogP contribution in [0.4, 0.5) is 11.6 Å². The van der Waals surface area contributed by atoms with Gasteiger partial charge >= 0.3 is 0 Å². The monoisotopic (exact) mass is 884 g/mol. The number of aryl methyl sites for hydroxylation is 4. The summed E-state index contributed by atoms with van der Waals surface area (Å²) in [7, 11) is 3.44. The van der Waals surface area contributed by atoms with Crippen LogP contribution in [0.2, 0.25) is 0 Å². The Morgan fingerprint density at radius 2 is 1.09 bits per heavy atom. The van der Waals surface area contributed by atoms with E-state index >= 15 is 0 Å². The van der Waals surface area contributed by atoms with Gasteiger partial charge in [0.1, 0.15) is 57.3 Å². The topological polar surface area (TPSA) is 129 Å². The van der Waals surface area contributed by atoms with Crippen LogP contribution in [0.5, 0.6) is 11.5 Å². The zero-order chi connectivity index (χ0) is 45.1. The zero-order valence-corrected chi connectivity index (χ0v) is 39.0. The summed E-state index contributed by atoms with van der Waals surface area (Å²) >= 11 is 0. The molecule has 0 atom stereocenters. The molecule has 0 spiro atoms. The molecular weight excluding hydrogens is 825 g/mol. The standard InChI is InChI=1S/C29H32N4O2.C25H28N4O2/c1-17-26(18(2)35-32-17)22-7-8-23(24(13-22)34-3)27-28(33-9-5-4-6-25(33)30-27)31-29-14-19-10-20(15-29)12-21(11-19)16-29;1-16-23(17(2)31-28-16)18-12-13-20(21(15-18)30-3)24-25(26-19-9-5-4-6-10-19)29-14-8-7-11-22(29)27-24/h4-9,13,19-21,31H,10-12,14-16H2,1-3H3;7-8,11-15,19,26H,4-6,9-10H2,1-3H3. The molecule has 0 saturated heterocycles. The van der Waals surface area contributed by atoms with Crippen molar-refractivity contribution in [3.05, 3.63) is 108 Å². The molecule has 6 aromatic heterocycles. The summed E-state index contributed by atoms with van der Waals surface area (Å²) < 4.78 is 26.9. The Labute approximate surface area is 386 Å². The molecule has 5 fully saturated rings. The van der Waals surface area contributed by atoms with Crippen molar-refractivity contribution in [2.24, 2.45) is 17.8 Å². The van der Waals surface area contributed by atoms with Crippen LogP contribution >= 0.6 is 0 Å². The molecule has 0 amide bonds. The molecule has 66 heavy (non-hydrogen) atoms. The number of anilines is 2. The highest BCUT2D eigenvalue weighted by Crippen LogP contribution is 2.57. The predicted molar refractivity (Wildman–Crippen MR) is 259 cm³/mol. The Kier molecular flexibility index (Phi) is 10.9. The minimum absolute atomic E-state index is 0.180. The molecule has 5 saturated carbocycles. The molecule has 0 radical (unpaired) electrons. The lowest BCUT2D eigenvalue weighted by atomic mass is 9.53. The number of nitrogens with one attached hydrogen (secondary N) is 2. The summed E-state index contributed by atoms with van der Waals surface area (Å²) in [4.78, 5) is 10.1. The van der Waals surface area contributed by atoms with E-state index in [0.29, 0.717) is 6.04 Å². The Balaban J connectivity index is 0.000000147. The highest BCUT2D eigenvalue weighted by atomic mass is 16.5. The van der Waals surface area contributed by atoms with E-state index in [1.165, 1.54) is 70.6 Å². The molecule has 4 bridgehead atoms. The Hall–Kier alpha value is -6.56. The Bertz CT molecular complexity index is 2980. The van der Waals surface area contributed by atoms with Crippen LogP contribution in [0, 0.1) is 45.4 Å². The maximum absolute atomic E-state index is 5.93. The van der Waals surface area contributed by atoms with Crippen LogP contribution in [0.3, 0.4) is 0 Å². The van der Waals surface area contributed by atoms with E-state index in [-0.39, 0.29) is 5.54 Å². The zero-order valence-electron chi connectivity index (χ0n) is 39.0. The predicted octanol–water partition coefficient (Wildman–Crippen LogP) is 12.7. The van der Waals surface area contributed by atoms with E-state index < -0.39 is 0 Å². The number of hydrogen-bond acceptors (Lipinski definition) is 10. The number of benzene rings is 2. The highest BCUT2D eigenvalue weighted by molar-refractivity contribution is 5.85. The van der Waals surface area contributed by atoms with Gasteiger partial charge in [0.2, 0.25) is 0 Å². The first-order valence-electron chi connectivity index (χ1n) is 23.9. The molecule has 13 rings (SSSR count). The van der Waals surface area contributed by atoms with E-state index in [1.54, 1.807) is 14.2 Å². The molecule has 340 valence electrons. The number of aromatic nitrogens is 6. The number of hydrogen-bond donors (Lipinski definition) is 2. The van der Waals surface area contributed by atoms with Gasteiger partial charge in [-0.25, -0.2) is 9.97 Å². The fourth-order valence-electron chi connectivity index (χ4n) is 12.5. The van der Waals surface area contributed by atoms with Gasteiger partial charge in [0.15, 0.2) is 0 Å². The first-order valence-corrected chi connectivity index (χ1v) is 23.9. The lowest BCUT2D eigenvalue weighted by Crippen LogP contribution is -2.55. The van der Waals surface area contributed by atoms with Crippen molar-refractivity contribution in [2.45, 2.75) is 110 Å². The van der Waals surface area contributed by atoms with Gasteiger partial charge in [0.25, 0.3) is 0 Å². The minimum Gasteiger partial charge on any atom is -0.496 e. The SMILES string of the molecule is COc1cc(-c2c(C)noc2C)ccc1-c1nc2ccccn2c1NC12CC3CC(CC(C3)C1)C2.COc1cc(-c2c(C)noc2C)ccc1-c1nc2ccccn2c1NC1CCCCC1. The van der Waals surface area contributed by atoms with Gasteiger partial charge in [-0.3, -0.25) is 8.80 Å². The molecule has 12 nitrogen and oxygen atoms in total. The van der Waals surface area contributed by atoms with Gasteiger partial charge in [-0.1, -0.05) is 53.8 Å². The number of rotatable bonds is 10. The fourth-order valence-corrected chi connectivity index (χ4v) is 12.5. The lowest BCUT2D eigenvalue weighted by Gasteiger charge is -2.57. The number of ether oxygens (including phenoxy) is 2. The lowest BCUT2D eigenvalue weighted by molar-refractivity contribution is 0.0105. The molecule has 0 aliphatic heterocycles. The van der Waals surface area contributed by atoms with Gasteiger partial charge in [-0.05, 0) is 156 Å². The Morgan fingerprint density at radius 3 is 1.56 bits per heavy atom. The van der Waals surface area contributed by atoms with Crippen LogP contribution in [-0.4, -0.2) is 54.9 Å². The van der Waals surface area contributed by atoms with Crippen LogP contribution < -0.4 is 20.1 Å². The normalized spacial score (nSPS) is 21.3. The summed E-state index contributed by atoms with van der Waals surface area (Å²) in [5.41, 5.74) is 11.8. The largest absolute Gasteiger partial charge is 0.496 e.